The Morgan fingerprint density at radius 2 is 0.974 bits per heavy atom. The van der Waals surface area contributed by atoms with Gasteiger partial charge in [-0.25, -0.2) is 0 Å². The van der Waals surface area contributed by atoms with Crippen LogP contribution in [-0.2, 0) is 15.2 Å². The molecule has 39 heavy (non-hydrogen) atoms. The summed E-state index contributed by atoms with van der Waals surface area (Å²) in [5, 5.41) is 11.0. The summed E-state index contributed by atoms with van der Waals surface area (Å²) < 4.78 is 0.0167. The highest BCUT2D eigenvalue weighted by Crippen LogP contribution is 2.40. The zero-order valence-corrected chi connectivity index (χ0v) is 28.8. The van der Waals surface area contributed by atoms with Crippen LogP contribution in [0.15, 0.2) is 91.0 Å². The van der Waals surface area contributed by atoms with Crippen LogP contribution in [0.3, 0.4) is 0 Å². The van der Waals surface area contributed by atoms with Gasteiger partial charge in [-0.1, -0.05) is 105 Å². The van der Waals surface area contributed by atoms with E-state index in [2.05, 4.69) is 69.7 Å². The Labute approximate surface area is 261 Å². The number of hydrogen-bond donors (Lipinski definition) is 1. The van der Waals surface area contributed by atoms with E-state index >= 15 is 0 Å². The summed E-state index contributed by atoms with van der Waals surface area (Å²) in [5.74, 6) is 0. The molecule has 0 radical (unpaired) electrons. The summed E-state index contributed by atoms with van der Waals surface area (Å²) >= 11 is 18.0. The third kappa shape index (κ3) is 10.5. The summed E-state index contributed by atoms with van der Waals surface area (Å²) in [4.78, 5) is -0.263. The molecule has 0 fully saturated rings. The molecule has 216 valence electrons. The first-order chi connectivity index (χ1) is 18.3. The molecule has 3 rings (SSSR count). The van der Waals surface area contributed by atoms with Gasteiger partial charge in [0.25, 0.3) is 0 Å². The minimum absolute atomic E-state index is 0.0167. The van der Waals surface area contributed by atoms with Gasteiger partial charge in [-0.05, 0) is 63.2 Å². The van der Waals surface area contributed by atoms with Gasteiger partial charge in [0.1, 0.15) is 0 Å². The van der Waals surface area contributed by atoms with Crippen molar-refractivity contribution >= 4 is 58.5 Å². The number of benzene rings is 3. The SMILES string of the molecule is CSC(C)(c1ccccc1)C(C)Cl.CSC(C)C(C)(Cl)c1ccccc1.CSC(C)C(C)(O)c1ccccc1. The molecule has 1 N–H and O–H groups in total. The minimum Gasteiger partial charge on any atom is -0.384 e. The fraction of sp³-hybridized carbons (Fsp3) is 0.455. The molecule has 3 aromatic rings. The van der Waals surface area contributed by atoms with Crippen molar-refractivity contribution in [3.05, 3.63) is 108 Å². The van der Waals surface area contributed by atoms with E-state index in [-0.39, 0.29) is 20.2 Å². The van der Waals surface area contributed by atoms with E-state index in [1.807, 2.05) is 81.6 Å². The monoisotopic (exact) mass is 624 g/mol. The molecule has 0 aliphatic rings. The van der Waals surface area contributed by atoms with Crippen molar-refractivity contribution in [2.75, 3.05) is 18.8 Å². The molecule has 0 aromatic heterocycles. The lowest BCUT2D eigenvalue weighted by Crippen LogP contribution is -2.31. The molecule has 0 bridgehead atoms. The Kier molecular flexibility index (Phi) is 16.1. The van der Waals surface area contributed by atoms with Gasteiger partial charge in [-0.2, -0.15) is 35.3 Å². The van der Waals surface area contributed by atoms with Gasteiger partial charge in [0.15, 0.2) is 0 Å². The molecule has 0 saturated carbocycles. The van der Waals surface area contributed by atoms with Crippen LogP contribution in [-0.4, -0.2) is 39.8 Å². The van der Waals surface area contributed by atoms with E-state index in [0.29, 0.717) is 5.25 Å². The van der Waals surface area contributed by atoms with E-state index < -0.39 is 5.60 Å². The fourth-order valence-corrected chi connectivity index (χ4v) is 6.40. The average molecular weight is 626 g/mol. The van der Waals surface area contributed by atoms with Gasteiger partial charge in [-0.3, -0.25) is 0 Å². The maximum absolute atomic E-state index is 10.2. The van der Waals surface area contributed by atoms with Crippen molar-refractivity contribution in [3.8, 4) is 0 Å². The maximum Gasteiger partial charge on any atom is 0.0983 e. The van der Waals surface area contributed by atoms with Crippen LogP contribution >= 0.6 is 58.5 Å². The second kappa shape index (κ2) is 17.3. The van der Waals surface area contributed by atoms with Gasteiger partial charge in [-0.15, -0.1) is 23.2 Å². The summed E-state index contributed by atoms with van der Waals surface area (Å²) in [6.45, 7) is 12.4. The molecule has 0 aliphatic carbocycles. The summed E-state index contributed by atoms with van der Waals surface area (Å²) in [6, 6.07) is 30.5. The molecular formula is C33H46Cl2OS3. The third-order valence-corrected chi connectivity index (χ3v) is 12.5. The second-order valence-corrected chi connectivity index (χ2v) is 15.1. The fourth-order valence-electron chi connectivity index (χ4n) is 3.74. The normalized spacial score (nSPS) is 17.8. The second-order valence-electron chi connectivity index (χ2n) is 10.0. The number of rotatable bonds is 9. The molecule has 0 saturated heterocycles. The lowest BCUT2D eigenvalue weighted by Gasteiger charge is -2.30. The average Bonchev–Trinajstić information content (AvgIpc) is 2.97. The Morgan fingerprint density at radius 1 is 0.615 bits per heavy atom. The molecule has 6 heteroatoms. The van der Waals surface area contributed by atoms with Crippen molar-refractivity contribution in [3.63, 3.8) is 0 Å². The first-order valence-corrected chi connectivity index (χ1v) is 17.7. The summed E-state index contributed by atoms with van der Waals surface area (Å²) in [7, 11) is 0. The quantitative estimate of drug-likeness (QED) is 0.239. The largest absolute Gasteiger partial charge is 0.384 e. The zero-order valence-electron chi connectivity index (χ0n) is 24.8. The maximum atomic E-state index is 10.2. The number of thioether (sulfide) groups is 3. The van der Waals surface area contributed by atoms with E-state index in [0.717, 1.165) is 5.56 Å². The standard InChI is InChI=1S/2C11H15ClS.C11H16OS/c1-9(13-3)11(2,12)10-7-5-4-6-8-10;1-9(12)11(2,13-3)10-7-5-4-6-8-10;1-9(13-3)11(2,12)10-7-5-4-6-8-10/h2*4-9H,1-3H3;4-9,12H,1-3H3. The Balaban J connectivity index is 0.000000292. The number of alkyl halides is 2. The molecule has 3 aromatic carbocycles. The molecule has 0 spiro atoms. The van der Waals surface area contributed by atoms with Crippen molar-refractivity contribution < 1.29 is 5.11 Å². The summed E-state index contributed by atoms with van der Waals surface area (Å²) in [5.41, 5.74) is 2.74. The first-order valence-electron chi connectivity index (χ1n) is 13.1. The Bertz CT molecular complexity index is 989. The van der Waals surface area contributed by atoms with Crippen LogP contribution in [0, 0.1) is 0 Å². The molecular weight excluding hydrogens is 579 g/mol. The predicted octanol–water partition coefficient (Wildman–Crippen LogP) is 10.4. The Hall–Kier alpha value is -0.750. The molecule has 6 unspecified atom stereocenters. The molecule has 1 nitrogen and oxygen atoms in total. The topological polar surface area (TPSA) is 20.2 Å². The third-order valence-electron chi connectivity index (χ3n) is 7.49. The lowest BCUT2D eigenvalue weighted by atomic mass is 9.93. The number of aliphatic hydroxyl groups is 1. The van der Waals surface area contributed by atoms with Crippen LogP contribution in [0.4, 0.5) is 0 Å². The highest BCUT2D eigenvalue weighted by molar-refractivity contribution is 7.99. The van der Waals surface area contributed by atoms with E-state index in [1.54, 1.807) is 35.3 Å². The Morgan fingerprint density at radius 3 is 1.31 bits per heavy atom. The van der Waals surface area contributed by atoms with Gasteiger partial charge in [0.05, 0.1) is 15.2 Å². The minimum atomic E-state index is -0.735. The number of hydrogen-bond acceptors (Lipinski definition) is 4. The van der Waals surface area contributed by atoms with Crippen LogP contribution in [0.5, 0.6) is 0 Å². The van der Waals surface area contributed by atoms with Crippen molar-refractivity contribution in [1.82, 2.24) is 0 Å². The van der Waals surface area contributed by atoms with Gasteiger partial charge >= 0.3 is 0 Å². The number of halogens is 2. The van der Waals surface area contributed by atoms with Crippen molar-refractivity contribution in [2.45, 2.75) is 72.6 Å². The zero-order chi connectivity index (χ0) is 29.7. The molecule has 0 heterocycles. The first kappa shape index (κ1) is 36.3. The van der Waals surface area contributed by atoms with E-state index in [9.17, 15) is 5.11 Å². The molecule has 0 aliphatic heterocycles. The van der Waals surface area contributed by atoms with Crippen LogP contribution < -0.4 is 0 Å². The van der Waals surface area contributed by atoms with Gasteiger partial charge < -0.3 is 5.11 Å². The molecule has 6 atom stereocenters. The lowest BCUT2D eigenvalue weighted by molar-refractivity contribution is 0.0593. The van der Waals surface area contributed by atoms with Crippen molar-refractivity contribution in [2.24, 2.45) is 0 Å². The van der Waals surface area contributed by atoms with Gasteiger partial charge in [0, 0.05) is 15.9 Å². The van der Waals surface area contributed by atoms with Crippen molar-refractivity contribution in [1.29, 1.82) is 0 Å². The van der Waals surface area contributed by atoms with Gasteiger partial charge in [0.2, 0.25) is 0 Å². The smallest absolute Gasteiger partial charge is 0.0983 e. The van der Waals surface area contributed by atoms with Crippen LogP contribution in [0.25, 0.3) is 0 Å². The molecule has 0 amide bonds. The van der Waals surface area contributed by atoms with E-state index in [1.165, 1.54) is 11.1 Å². The highest BCUT2D eigenvalue weighted by atomic mass is 35.5. The van der Waals surface area contributed by atoms with E-state index in [4.69, 9.17) is 23.2 Å². The van der Waals surface area contributed by atoms with Crippen LogP contribution in [0.2, 0.25) is 0 Å². The van der Waals surface area contributed by atoms with Crippen LogP contribution in [0.1, 0.15) is 58.2 Å². The predicted molar refractivity (Wildman–Crippen MR) is 184 cm³/mol. The summed E-state index contributed by atoms with van der Waals surface area (Å²) in [6.07, 6.45) is 6.21. The highest BCUT2D eigenvalue weighted by Gasteiger charge is 2.31.